The molecule has 0 radical (unpaired) electrons. The summed E-state index contributed by atoms with van der Waals surface area (Å²) in [5.41, 5.74) is 2.92. The van der Waals surface area contributed by atoms with E-state index in [0.29, 0.717) is 24.5 Å². The molecular formula is C18H16BrF2N5. The van der Waals surface area contributed by atoms with Crippen LogP contribution in [0.15, 0.2) is 38.5 Å². The lowest BCUT2D eigenvalue weighted by Crippen LogP contribution is -2.32. The predicted molar refractivity (Wildman–Crippen MR) is 102 cm³/mol. The second-order valence-electron chi connectivity index (χ2n) is 6.19. The van der Waals surface area contributed by atoms with Crippen molar-refractivity contribution in [3.8, 4) is 0 Å². The average Bonchev–Trinajstić information content (AvgIpc) is 3.19. The Morgan fingerprint density at radius 1 is 1.27 bits per heavy atom. The summed E-state index contributed by atoms with van der Waals surface area (Å²) in [6, 6.07) is 2.59. The van der Waals surface area contributed by atoms with Gasteiger partial charge in [-0.05, 0) is 47.5 Å². The lowest BCUT2D eigenvalue weighted by Gasteiger charge is -2.20. The molecule has 0 unspecified atom stereocenters. The van der Waals surface area contributed by atoms with Crippen molar-refractivity contribution in [2.24, 2.45) is 9.98 Å². The molecule has 2 aromatic rings. The molecule has 0 spiro atoms. The molecule has 0 amide bonds. The van der Waals surface area contributed by atoms with Crippen LogP contribution in [-0.4, -0.2) is 34.9 Å². The van der Waals surface area contributed by atoms with Crippen LogP contribution >= 0.6 is 15.9 Å². The summed E-state index contributed by atoms with van der Waals surface area (Å²) in [6.45, 7) is 4.94. The molecule has 2 aliphatic rings. The number of rotatable bonds is 2. The molecule has 1 aromatic heterocycles. The van der Waals surface area contributed by atoms with Gasteiger partial charge in [0, 0.05) is 19.2 Å². The molecule has 26 heavy (non-hydrogen) atoms. The van der Waals surface area contributed by atoms with Crippen molar-refractivity contribution in [2.45, 2.75) is 20.4 Å². The third kappa shape index (κ3) is 2.35. The minimum absolute atomic E-state index is 0.156. The second-order valence-corrected chi connectivity index (χ2v) is 7.05. The number of aliphatic imine (C=N–C) groups is 2. The van der Waals surface area contributed by atoms with E-state index in [4.69, 9.17) is 0 Å². The van der Waals surface area contributed by atoms with Gasteiger partial charge in [0.2, 0.25) is 0 Å². The summed E-state index contributed by atoms with van der Waals surface area (Å²) >= 11 is 3.15. The van der Waals surface area contributed by atoms with Crippen LogP contribution in [-0.2, 0) is 6.54 Å². The van der Waals surface area contributed by atoms with E-state index in [9.17, 15) is 8.78 Å². The normalized spacial score (nSPS) is 16.8. The molecule has 2 aliphatic heterocycles. The molecule has 0 fully saturated rings. The summed E-state index contributed by atoms with van der Waals surface area (Å²) < 4.78 is 31.5. The van der Waals surface area contributed by atoms with Crippen LogP contribution in [0.3, 0.4) is 0 Å². The first-order valence-electron chi connectivity index (χ1n) is 8.15. The van der Waals surface area contributed by atoms with Gasteiger partial charge < -0.3 is 4.90 Å². The number of amidine groups is 1. The first-order valence-corrected chi connectivity index (χ1v) is 8.94. The largest absolute Gasteiger partial charge is 0.308 e. The maximum absolute atomic E-state index is 14.9. The van der Waals surface area contributed by atoms with E-state index in [-0.39, 0.29) is 15.9 Å². The molecule has 0 saturated carbocycles. The highest BCUT2D eigenvalue weighted by Crippen LogP contribution is 2.38. The first kappa shape index (κ1) is 17.1. The summed E-state index contributed by atoms with van der Waals surface area (Å²) in [4.78, 5) is 10.7. The molecule has 0 saturated heterocycles. The molecule has 0 N–H and O–H groups in total. The number of aromatic nitrogens is 2. The summed E-state index contributed by atoms with van der Waals surface area (Å²) in [7, 11) is 1.67. The van der Waals surface area contributed by atoms with Crippen molar-refractivity contribution in [2.75, 3.05) is 18.5 Å². The van der Waals surface area contributed by atoms with Gasteiger partial charge in [-0.3, -0.25) is 4.99 Å². The van der Waals surface area contributed by atoms with E-state index >= 15 is 0 Å². The van der Waals surface area contributed by atoms with Gasteiger partial charge in [0.15, 0.2) is 5.82 Å². The lowest BCUT2D eigenvalue weighted by atomic mass is 10.1. The Balaban J connectivity index is 2.06. The molecular weight excluding hydrogens is 404 g/mol. The van der Waals surface area contributed by atoms with Gasteiger partial charge in [-0.25, -0.2) is 18.5 Å². The number of allylic oxidation sites excluding steroid dienone is 2. The number of nitrogens with zero attached hydrogens (tertiary/aromatic N) is 5. The smallest absolute Gasteiger partial charge is 0.151 e. The third-order valence-electron chi connectivity index (χ3n) is 4.78. The zero-order chi connectivity index (χ0) is 18.6. The van der Waals surface area contributed by atoms with Crippen molar-refractivity contribution in [1.29, 1.82) is 0 Å². The van der Waals surface area contributed by atoms with Gasteiger partial charge in [-0.15, -0.1) is 0 Å². The fourth-order valence-corrected chi connectivity index (χ4v) is 3.69. The fourth-order valence-electron chi connectivity index (χ4n) is 3.36. The fraction of sp³-hybridized carbons (Fsp3) is 0.278. The maximum Gasteiger partial charge on any atom is 0.151 e. The van der Waals surface area contributed by atoms with Gasteiger partial charge in [0.1, 0.15) is 17.5 Å². The Kier molecular flexibility index (Phi) is 4.02. The molecule has 3 heterocycles. The highest BCUT2D eigenvalue weighted by molar-refractivity contribution is 9.10. The second kappa shape index (κ2) is 6.12. The molecule has 134 valence electrons. The predicted octanol–water partition coefficient (Wildman–Crippen LogP) is 4.03. The zero-order valence-corrected chi connectivity index (χ0v) is 16.1. The lowest BCUT2D eigenvalue weighted by molar-refractivity contribution is 0.574. The summed E-state index contributed by atoms with van der Waals surface area (Å²) in [5, 5.41) is 4.41. The van der Waals surface area contributed by atoms with Crippen LogP contribution in [0.2, 0.25) is 0 Å². The van der Waals surface area contributed by atoms with Gasteiger partial charge in [0.25, 0.3) is 0 Å². The number of hydrogen-bond donors (Lipinski definition) is 0. The van der Waals surface area contributed by atoms with Crippen LogP contribution in [0.4, 0.5) is 14.6 Å². The molecule has 8 heteroatoms. The van der Waals surface area contributed by atoms with E-state index in [0.717, 1.165) is 17.0 Å². The number of halogens is 3. The van der Waals surface area contributed by atoms with Crippen molar-refractivity contribution >= 4 is 38.9 Å². The van der Waals surface area contributed by atoms with E-state index in [1.54, 1.807) is 13.2 Å². The highest BCUT2D eigenvalue weighted by Gasteiger charge is 2.35. The van der Waals surface area contributed by atoms with Gasteiger partial charge in [0.05, 0.1) is 34.2 Å². The molecule has 0 aliphatic carbocycles. The SMILES string of the molecule is CN=C(C)C1=C(C)c2cnn3c2N(CC3)C(c2c(F)ccc(Br)c2F)=N1. The van der Waals surface area contributed by atoms with Gasteiger partial charge in [-0.2, -0.15) is 5.10 Å². The van der Waals surface area contributed by atoms with Gasteiger partial charge >= 0.3 is 0 Å². The number of benzene rings is 1. The monoisotopic (exact) mass is 419 g/mol. The van der Waals surface area contributed by atoms with Crippen LogP contribution in [0, 0.1) is 11.6 Å². The number of hydrogen-bond acceptors (Lipinski definition) is 4. The van der Waals surface area contributed by atoms with Crippen LogP contribution < -0.4 is 4.90 Å². The van der Waals surface area contributed by atoms with Crippen molar-refractivity contribution < 1.29 is 8.78 Å². The molecule has 1 aromatic carbocycles. The van der Waals surface area contributed by atoms with Crippen molar-refractivity contribution in [3.63, 3.8) is 0 Å². The Hall–Kier alpha value is -2.35. The topological polar surface area (TPSA) is 45.8 Å². The van der Waals surface area contributed by atoms with Crippen LogP contribution in [0.25, 0.3) is 5.57 Å². The molecule has 0 bridgehead atoms. The third-order valence-corrected chi connectivity index (χ3v) is 5.39. The standard InChI is InChI=1S/C18H16BrF2N5/c1-9-11-8-23-26-7-6-25(18(11)26)17(24-16(9)10(2)22-3)14-13(20)5-4-12(19)15(14)21/h4-5,8H,6-7H2,1-3H3. The van der Waals surface area contributed by atoms with E-state index < -0.39 is 11.6 Å². The zero-order valence-electron chi connectivity index (χ0n) is 14.5. The summed E-state index contributed by atoms with van der Waals surface area (Å²) in [5.74, 6) is -0.294. The van der Waals surface area contributed by atoms with E-state index in [2.05, 4.69) is 31.0 Å². The highest BCUT2D eigenvalue weighted by atomic mass is 79.9. The minimum atomic E-state index is -0.673. The minimum Gasteiger partial charge on any atom is -0.308 e. The van der Waals surface area contributed by atoms with E-state index in [1.807, 2.05) is 23.4 Å². The molecule has 0 atom stereocenters. The molecule has 5 nitrogen and oxygen atoms in total. The Morgan fingerprint density at radius 2 is 2.04 bits per heavy atom. The average molecular weight is 420 g/mol. The Morgan fingerprint density at radius 3 is 2.77 bits per heavy atom. The van der Waals surface area contributed by atoms with Crippen LogP contribution in [0.1, 0.15) is 25.0 Å². The van der Waals surface area contributed by atoms with E-state index in [1.165, 1.54) is 12.1 Å². The summed E-state index contributed by atoms with van der Waals surface area (Å²) in [6.07, 6.45) is 1.77. The Bertz CT molecular complexity index is 1020. The molecule has 4 rings (SSSR count). The van der Waals surface area contributed by atoms with Crippen molar-refractivity contribution in [1.82, 2.24) is 9.78 Å². The van der Waals surface area contributed by atoms with Crippen LogP contribution in [0.5, 0.6) is 0 Å². The number of anilines is 1. The van der Waals surface area contributed by atoms with Gasteiger partial charge in [-0.1, -0.05) is 0 Å². The van der Waals surface area contributed by atoms with Crippen molar-refractivity contribution in [3.05, 3.63) is 51.3 Å². The maximum atomic E-state index is 14.9. The Labute approximate surface area is 157 Å². The quantitative estimate of drug-likeness (QED) is 0.544. The first-order chi connectivity index (χ1) is 12.4.